The predicted octanol–water partition coefficient (Wildman–Crippen LogP) is 5.03. The number of thiazole rings is 1. The number of allylic oxidation sites excluding steroid dienone is 1. The lowest BCUT2D eigenvalue weighted by molar-refractivity contribution is -0.116. The van der Waals surface area contributed by atoms with Crippen LogP contribution in [0.15, 0.2) is 46.2 Å². The summed E-state index contributed by atoms with van der Waals surface area (Å²) in [7, 11) is 0. The highest BCUT2D eigenvalue weighted by molar-refractivity contribution is 7.10. The number of halogens is 1. The van der Waals surface area contributed by atoms with Gasteiger partial charge in [-0.1, -0.05) is 54.1 Å². The third-order valence-electron chi connectivity index (χ3n) is 5.10. The average molecular weight is 454 g/mol. The SMILES string of the molecule is CCc1cccc2c1N=CC2=Cc1sc(=O)n(CC(=O)Nc2cc(Cl)ccc2C)c1O. The van der Waals surface area contributed by atoms with Crippen molar-refractivity contribution in [2.45, 2.75) is 26.8 Å². The highest BCUT2D eigenvalue weighted by Gasteiger charge is 2.19. The Kier molecular flexibility index (Phi) is 5.80. The largest absolute Gasteiger partial charge is 0.493 e. The molecule has 6 nitrogen and oxygen atoms in total. The lowest BCUT2D eigenvalue weighted by Gasteiger charge is -2.09. The van der Waals surface area contributed by atoms with Crippen molar-refractivity contribution in [1.29, 1.82) is 0 Å². The summed E-state index contributed by atoms with van der Waals surface area (Å²) in [5.41, 5.74) is 5.23. The van der Waals surface area contributed by atoms with E-state index in [1.807, 2.05) is 25.1 Å². The van der Waals surface area contributed by atoms with E-state index < -0.39 is 10.8 Å². The topological polar surface area (TPSA) is 83.7 Å². The van der Waals surface area contributed by atoms with E-state index >= 15 is 0 Å². The number of para-hydroxylation sites is 1. The molecule has 1 aliphatic rings. The van der Waals surface area contributed by atoms with Crippen molar-refractivity contribution in [2.75, 3.05) is 5.32 Å². The molecular formula is C23H20ClN3O3S. The third-order valence-corrected chi connectivity index (χ3v) is 6.25. The molecule has 0 atom stereocenters. The molecule has 0 unspecified atom stereocenters. The molecule has 2 heterocycles. The molecule has 0 radical (unpaired) electrons. The Morgan fingerprint density at radius 2 is 2.13 bits per heavy atom. The van der Waals surface area contributed by atoms with Crippen LogP contribution in [0.5, 0.6) is 5.88 Å². The summed E-state index contributed by atoms with van der Waals surface area (Å²) in [6.07, 6.45) is 4.32. The zero-order valence-corrected chi connectivity index (χ0v) is 18.5. The van der Waals surface area contributed by atoms with Crippen molar-refractivity contribution < 1.29 is 9.90 Å². The van der Waals surface area contributed by atoms with Gasteiger partial charge in [-0.15, -0.1) is 0 Å². The summed E-state index contributed by atoms with van der Waals surface area (Å²) in [6, 6.07) is 11.1. The molecule has 3 aromatic rings. The van der Waals surface area contributed by atoms with Crippen LogP contribution in [-0.4, -0.2) is 21.8 Å². The molecule has 2 aromatic carbocycles. The summed E-state index contributed by atoms with van der Waals surface area (Å²) in [6.45, 7) is 3.61. The van der Waals surface area contributed by atoms with Gasteiger partial charge in [0, 0.05) is 28.1 Å². The van der Waals surface area contributed by atoms with E-state index in [0.717, 1.165) is 50.3 Å². The van der Waals surface area contributed by atoms with Gasteiger partial charge in [-0.25, -0.2) is 0 Å². The molecule has 2 N–H and O–H groups in total. The van der Waals surface area contributed by atoms with Gasteiger partial charge in [-0.05, 0) is 42.7 Å². The number of anilines is 1. The van der Waals surface area contributed by atoms with Crippen LogP contribution in [-0.2, 0) is 17.8 Å². The van der Waals surface area contributed by atoms with Gasteiger partial charge in [0.2, 0.25) is 11.8 Å². The van der Waals surface area contributed by atoms with Crippen molar-refractivity contribution in [1.82, 2.24) is 4.57 Å². The number of amides is 1. The number of aromatic nitrogens is 1. The van der Waals surface area contributed by atoms with Gasteiger partial charge in [0.15, 0.2) is 0 Å². The Morgan fingerprint density at radius 3 is 2.90 bits per heavy atom. The van der Waals surface area contributed by atoms with Crippen LogP contribution in [0.3, 0.4) is 0 Å². The standard InChI is InChI=1S/C23H20ClN3O3S/c1-3-14-5-4-6-17-15(11-25-21(14)17)9-19-22(29)27(23(30)31-19)12-20(28)26-18-10-16(24)8-7-13(18)2/h4-11,29H,3,12H2,1-2H3,(H,26,28). The molecule has 8 heteroatoms. The second-order valence-corrected chi connectivity index (χ2v) is 8.60. The van der Waals surface area contributed by atoms with E-state index in [2.05, 4.69) is 17.2 Å². The maximum Gasteiger partial charge on any atom is 0.311 e. The predicted molar refractivity (Wildman–Crippen MR) is 127 cm³/mol. The number of nitrogens with one attached hydrogen (secondary N) is 1. The Bertz CT molecular complexity index is 1300. The molecule has 1 aromatic heterocycles. The first-order valence-corrected chi connectivity index (χ1v) is 10.9. The van der Waals surface area contributed by atoms with Crippen molar-refractivity contribution in [2.24, 2.45) is 4.99 Å². The number of aliphatic imine (C=N–C) groups is 1. The number of fused-ring (bicyclic) bond motifs is 1. The fraction of sp³-hybridized carbons (Fsp3) is 0.174. The fourth-order valence-electron chi connectivity index (χ4n) is 3.43. The van der Waals surface area contributed by atoms with Crippen LogP contribution >= 0.6 is 22.9 Å². The molecule has 1 amide bonds. The maximum absolute atomic E-state index is 12.5. The van der Waals surface area contributed by atoms with Crippen LogP contribution < -0.4 is 10.2 Å². The molecular weight excluding hydrogens is 434 g/mol. The molecule has 0 saturated carbocycles. The maximum atomic E-state index is 12.5. The number of carbonyl (C=O) groups excluding carboxylic acids is 1. The van der Waals surface area contributed by atoms with E-state index in [0.29, 0.717) is 15.6 Å². The summed E-state index contributed by atoms with van der Waals surface area (Å²) in [5.74, 6) is -0.672. The second kappa shape index (κ2) is 8.53. The Morgan fingerprint density at radius 1 is 1.32 bits per heavy atom. The summed E-state index contributed by atoms with van der Waals surface area (Å²) in [4.78, 5) is 29.4. The van der Waals surface area contributed by atoms with E-state index in [1.165, 1.54) is 0 Å². The van der Waals surface area contributed by atoms with Crippen molar-refractivity contribution in [3.05, 3.63) is 72.7 Å². The van der Waals surface area contributed by atoms with Gasteiger partial charge in [0.05, 0.1) is 10.6 Å². The number of nitrogens with zero attached hydrogens (tertiary/aromatic N) is 2. The zero-order chi connectivity index (χ0) is 22.1. The highest BCUT2D eigenvalue weighted by atomic mass is 35.5. The van der Waals surface area contributed by atoms with Crippen LogP contribution in [0.2, 0.25) is 5.02 Å². The first-order valence-electron chi connectivity index (χ1n) is 9.74. The first kappa shape index (κ1) is 21.1. The molecule has 158 valence electrons. The number of hydrogen-bond donors (Lipinski definition) is 2. The molecule has 4 rings (SSSR count). The van der Waals surface area contributed by atoms with Gasteiger partial charge in [0.1, 0.15) is 6.54 Å². The third kappa shape index (κ3) is 4.19. The summed E-state index contributed by atoms with van der Waals surface area (Å²) >= 11 is 6.87. The number of rotatable bonds is 5. The highest BCUT2D eigenvalue weighted by Crippen LogP contribution is 2.37. The molecule has 1 aliphatic heterocycles. The first-order chi connectivity index (χ1) is 14.9. The van der Waals surface area contributed by atoms with E-state index in [1.54, 1.807) is 30.5 Å². The molecule has 31 heavy (non-hydrogen) atoms. The van der Waals surface area contributed by atoms with Gasteiger partial charge >= 0.3 is 4.87 Å². The van der Waals surface area contributed by atoms with Gasteiger partial charge in [-0.3, -0.25) is 19.1 Å². The van der Waals surface area contributed by atoms with E-state index in [9.17, 15) is 14.7 Å². The van der Waals surface area contributed by atoms with Crippen molar-refractivity contribution in [3.63, 3.8) is 0 Å². The number of benzene rings is 2. The van der Waals surface area contributed by atoms with Crippen LogP contribution in [0.1, 0.15) is 28.5 Å². The molecule has 0 fully saturated rings. The van der Waals surface area contributed by atoms with E-state index in [-0.39, 0.29) is 12.4 Å². The zero-order valence-electron chi connectivity index (χ0n) is 17.0. The minimum Gasteiger partial charge on any atom is -0.493 e. The van der Waals surface area contributed by atoms with Gasteiger partial charge in [-0.2, -0.15) is 0 Å². The quantitative estimate of drug-likeness (QED) is 0.568. The molecule has 0 saturated heterocycles. The number of aromatic hydroxyl groups is 1. The summed E-state index contributed by atoms with van der Waals surface area (Å²) in [5, 5.41) is 13.8. The van der Waals surface area contributed by atoms with Gasteiger partial charge in [0.25, 0.3) is 0 Å². The molecule has 0 aliphatic carbocycles. The van der Waals surface area contributed by atoms with Crippen molar-refractivity contribution in [3.8, 4) is 5.88 Å². The second-order valence-electron chi connectivity index (χ2n) is 7.17. The lowest BCUT2D eigenvalue weighted by Crippen LogP contribution is -2.24. The van der Waals surface area contributed by atoms with Crippen molar-refractivity contribution >= 4 is 58.1 Å². The Labute approximate surface area is 188 Å². The smallest absolute Gasteiger partial charge is 0.311 e. The van der Waals surface area contributed by atoms with Crippen LogP contribution in [0, 0.1) is 6.92 Å². The van der Waals surface area contributed by atoms with Gasteiger partial charge < -0.3 is 10.4 Å². The normalized spacial score (nSPS) is 13.6. The molecule has 0 bridgehead atoms. The van der Waals surface area contributed by atoms with Crippen LogP contribution in [0.25, 0.3) is 11.6 Å². The molecule has 0 spiro atoms. The monoisotopic (exact) mass is 453 g/mol. The number of carbonyl (C=O) groups is 1. The average Bonchev–Trinajstić information content (AvgIpc) is 3.27. The minimum atomic E-state index is -0.430. The lowest BCUT2D eigenvalue weighted by atomic mass is 10.0. The minimum absolute atomic E-state index is 0.242. The van der Waals surface area contributed by atoms with Crippen LogP contribution in [0.4, 0.5) is 11.4 Å². The Hall–Kier alpha value is -3.16. The number of aryl methyl sites for hydroxylation is 2. The Balaban J connectivity index is 1.59. The van der Waals surface area contributed by atoms with E-state index in [4.69, 9.17) is 11.6 Å². The fourth-order valence-corrected chi connectivity index (χ4v) is 4.44. The summed E-state index contributed by atoms with van der Waals surface area (Å²) < 4.78 is 1.06. The number of hydrogen-bond acceptors (Lipinski definition) is 5.